The fraction of sp³-hybridized carbons (Fsp3) is 0.389. The minimum absolute atomic E-state index is 0.355. The summed E-state index contributed by atoms with van der Waals surface area (Å²) in [6.45, 7) is 5.60. The number of nitrogens with zero attached hydrogens (tertiary/aromatic N) is 1. The molecule has 1 atom stereocenters. The van der Waals surface area contributed by atoms with Crippen molar-refractivity contribution in [3.63, 3.8) is 0 Å². The molecule has 0 spiro atoms. The number of aryl methyl sites for hydroxylation is 1. The van der Waals surface area contributed by atoms with Gasteiger partial charge in [-0.1, -0.05) is 23.7 Å². The molecule has 0 aliphatic rings. The number of ether oxygens (including phenoxy) is 1. The summed E-state index contributed by atoms with van der Waals surface area (Å²) in [5.41, 5.74) is 2.16. The van der Waals surface area contributed by atoms with Gasteiger partial charge in [-0.25, -0.2) is 4.99 Å². The van der Waals surface area contributed by atoms with Gasteiger partial charge in [0, 0.05) is 23.5 Å². The van der Waals surface area contributed by atoms with Gasteiger partial charge in [0.15, 0.2) is 5.96 Å². The van der Waals surface area contributed by atoms with Gasteiger partial charge in [-0.2, -0.15) is 0 Å². The number of guanidine groups is 1. The number of halogens is 1. The standard InChI is InChI=1S/C18H24ClN3O2S/c1-4-20-18(22-11-14(23)16-7-8-17(19)25-16)21-10-13-6-5-12(2)9-15(13)24-3/h5-9,14,23H,4,10-11H2,1-3H3,(H2,20,21,22). The van der Waals surface area contributed by atoms with Crippen molar-refractivity contribution in [2.45, 2.75) is 26.5 Å². The monoisotopic (exact) mass is 381 g/mol. The highest BCUT2D eigenvalue weighted by molar-refractivity contribution is 7.16. The third kappa shape index (κ3) is 5.92. The van der Waals surface area contributed by atoms with Crippen molar-refractivity contribution in [1.82, 2.24) is 10.6 Å². The summed E-state index contributed by atoms with van der Waals surface area (Å²) >= 11 is 7.29. The predicted octanol–water partition coefficient (Wildman–Crippen LogP) is 3.51. The van der Waals surface area contributed by atoms with Crippen LogP contribution in [0.15, 0.2) is 35.3 Å². The molecule has 0 fully saturated rings. The van der Waals surface area contributed by atoms with Crippen LogP contribution in [0.25, 0.3) is 0 Å². The van der Waals surface area contributed by atoms with Crippen molar-refractivity contribution >= 4 is 28.9 Å². The van der Waals surface area contributed by atoms with Gasteiger partial charge in [0.05, 0.1) is 18.0 Å². The van der Waals surface area contributed by atoms with E-state index in [2.05, 4.69) is 15.6 Å². The molecule has 2 rings (SSSR count). The third-order valence-corrected chi connectivity index (χ3v) is 4.91. The first kappa shape index (κ1) is 19.6. The predicted molar refractivity (Wildman–Crippen MR) is 105 cm³/mol. The van der Waals surface area contributed by atoms with Crippen molar-refractivity contribution in [3.05, 3.63) is 50.7 Å². The Morgan fingerprint density at radius 1 is 1.32 bits per heavy atom. The topological polar surface area (TPSA) is 65.9 Å². The van der Waals surface area contributed by atoms with Crippen molar-refractivity contribution in [2.24, 2.45) is 4.99 Å². The minimum Gasteiger partial charge on any atom is -0.496 e. The summed E-state index contributed by atoms with van der Waals surface area (Å²) in [6, 6.07) is 9.67. The SMILES string of the molecule is CCNC(=NCc1ccc(C)cc1OC)NCC(O)c1ccc(Cl)s1. The van der Waals surface area contributed by atoms with Gasteiger partial charge in [-0.05, 0) is 37.6 Å². The third-order valence-electron chi connectivity index (χ3n) is 3.58. The average molecular weight is 382 g/mol. The summed E-state index contributed by atoms with van der Waals surface area (Å²) in [6.07, 6.45) is -0.629. The number of hydrogen-bond acceptors (Lipinski definition) is 4. The molecule has 1 heterocycles. The second kappa shape index (κ2) is 9.65. The number of methoxy groups -OCH3 is 1. The molecule has 0 bridgehead atoms. The highest BCUT2D eigenvalue weighted by atomic mass is 35.5. The largest absolute Gasteiger partial charge is 0.496 e. The first-order chi connectivity index (χ1) is 12.0. The van der Waals surface area contributed by atoms with E-state index in [1.54, 1.807) is 13.2 Å². The van der Waals surface area contributed by atoms with Gasteiger partial charge in [-0.15, -0.1) is 11.3 Å². The highest BCUT2D eigenvalue weighted by Crippen LogP contribution is 2.26. The van der Waals surface area contributed by atoms with Gasteiger partial charge in [0.2, 0.25) is 0 Å². The Kier molecular flexibility index (Phi) is 7.55. The second-order valence-corrected chi connectivity index (χ2v) is 7.30. The van der Waals surface area contributed by atoms with Crippen LogP contribution < -0.4 is 15.4 Å². The molecule has 1 aromatic carbocycles. The fourth-order valence-corrected chi connectivity index (χ4v) is 3.34. The summed E-state index contributed by atoms with van der Waals surface area (Å²) < 4.78 is 6.08. The molecule has 0 aliphatic carbocycles. The Balaban J connectivity index is 2.00. The van der Waals surface area contributed by atoms with E-state index in [9.17, 15) is 5.11 Å². The molecule has 0 amide bonds. The number of benzene rings is 1. The molecule has 0 saturated carbocycles. The van der Waals surface area contributed by atoms with Crippen LogP contribution in [0.5, 0.6) is 5.75 Å². The Bertz CT molecular complexity index is 718. The lowest BCUT2D eigenvalue weighted by Gasteiger charge is -2.15. The zero-order valence-corrected chi connectivity index (χ0v) is 16.2. The second-order valence-electron chi connectivity index (χ2n) is 5.55. The number of aliphatic hydroxyl groups excluding tert-OH is 1. The van der Waals surface area contributed by atoms with E-state index in [-0.39, 0.29) is 0 Å². The van der Waals surface area contributed by atoms with Crippen LogP contribution in [0.2, 0.25) is 4.34 Å². The van der Waals surface area contributed by atoms with Crippen LogP contribution in [0.3, 0.4) is 0 Å². The lowest BCUT2D eigenvalue weighted by Crippen LogP contribution is -2.39. The highest BCUT2D eigenvalue weighted by Gasteiger charge is 2.11. The van der Waals surface area contributed by atoms with Crippen molar-refractivity contribution in [3.8, 4) is 5.75 Å². The molecule has 0 radical (unpaired) electrons. The van der Waals surface area contributed by atoms with E-state index in [1.165, 1.54) is 11.3 Å². The van der Waals surface area contributed by atoms with E-state index >= 15 is 0 Å². The maximum atomic E-state index is 10.2. The lowest BCUT2D eigenvalue weighted by molar-refractivity contribution is 0.184. The van der Waals surface area contributed by atoms with Crippen LogP contribution in [0.4, 0.5) is 0 Å². The molecule has 7 heteroatoms. The smallest absolute Gasteiger partial charge is 0.191 e. The number of nitrogens with one attached hydrogen (secondary N) is 2. The van der Waals surface area contributed by atoms with Crippen LogP contribution >= 0.6 is 22.9 Å². The fourth-order valence-electron chi connectivity index (χ4n) is 2.29. The van der Waals surface area contributed by atoms with E-state index < -0.39 is 6.10 Å². The first-order valence-corrected chi connectivity index (χ1v) is 9.32. The lowest BCUT2D eigenvalue weighted by atomic mass is 10.1. The van der Waals surface area contributed by atoms with Crippen molar-refractivity contribution in [2.75, 3.05) is 20.2 Å². The molecule has 3 N–H and O–H groups in total. The van der Waals surface area contributed by atoms with Gasteiger partial charge in [0.25, 0.3) is 0 Å². The number of hydrogen-bond donors (Lipinski definition) is 3. The number of aliphatic hydroxyl groups is 1. The van der Waals surface area contributed by atoms with Crippen LogP contribution in [-0.4, -0.2) is 31.3 Å². The average Bonchev–Trinajstić information content (AvgIpc) is 3.04. The van der Waals surface area contributed by atoms with Crippen molar-refractivity contribution in [1.29, 1.82) is 0 Å². The molecular formula is C18H24ClN3O2S. The summed E-state index contributed by atoms with van der Waals surface area (Å²) in [5.74, 6) is 1.47. The van der Waals surface area contributed by atoms with Crippen LogP contribution in [-0.2, 0) is 6.54 Å². The number of thiophene rings is 1. The summed E-state index contributed by atoms with van der Waals surface area (Å²) in [5, 5.41) is 16.6. The van der Waals surface area contributed by atoms with Gasteiger partial charge in [-0.3, -0.25) is 0 Å². The van der Waals surface area contributed by atoms with E-state index in [4.69, 9.17) is 16.3 Å². The molecular weight excluding hydrogens is 358 g/mol. The Hall–Kier alpha value is -1.76. The van der Waals surface area contributed by atoms with Crippen LogP contribution in [0.1, 0.15) is 29.0 Å². The van der Waals surface area contributed by atoms with Crippen LogP contribution in [0, 0.1) is 6.92 Å². The van der Waals surface area contributed by atoms with E-state index in [0.717, 1.165) is 28.3 Å². The summed E-state index contributed by atoms with van der Waals surface area (Å²) in [7, 11) is 1.66. The Morgan fingerprint density at radius 3 is 2.76 bits per heavy atom. The maximum absolute atomic E-state index is 10.2. The maximum Gasteiger partial charge on any atom is 0.191 e. The Morgan fingerprint density at radius 2 is 2.12 bits per heavy atom. The molecule has 5 nitrogen and oxygen atoms in total. The first-order valence-electron chi connectivity index (χ1n) is 8.12. The quantitative estimate of drug-likeness (QED) is 0.507. The van der Waals surface area contributed by atoms with Gasteiger partial charge >= 0.3 is 0 Å². The summed E-state index contributed by atoms with van der Waals surface area (Å²) in [4.78, 5) is 5.40. The molecule has 25 heavy (non-hydrogen) atoms. The Labute approximate surface area is 157 Å². The molecule has 1 unspecified atom stereocenters. The number of rotatable bonds is 7. The zero-order chi connectivity index (χ0) is 18.2. The zero-order valence-electron chi connectivity index (χ0n) is 14.7. The molecule has 1 aromatic heterocycles. The molecule has 2 aromatic rings. The minimum atomic E-state index is -0.629. The van der Waals surface area contributed by atoms with Crippen molar-refractivity contribution < 1.29 is 9.84 Å². The van der Waals surface area contributed by atoms with E-state index in [1.807, 2.05) is 38.1 Å². The molecule has 0 aliphatic heterocycles. The molecule has 0 saturated heterocycles. The normalized spacial score (nSPS) is 12.8. The number of aliphatic imine (C=N–C) groups is 1. The van der Waals surface area contributed by atoms with Gasteiger partial charge in [0.1, 0.15) is 11.9 Å². The van der Waals surface area contributed by atoms with E-state index in [0.29, 0.717) is 23.4 Å². The molecule has 136 valence electrons. The van der Waals surface area contributed by atoms with Gasteiger partial charge < -0.3 is 20.5 Å².